The van der Waals surface area contributed by atoms with Crippen LogP contribution in [-0.4, -0.2) is 26.1 Å². The van der Waals surface area contributed by atoms with Crippen LogP contribution in [0.15, 0.2) is 18.6 Å². The van der Waals surface area contributed by atoms with Crippen LogP contribution in [0.2, 0.25) is 5.15 Å². The standard InChI is InChI=1S/C8H7ClN6O/c9-5-1-6(12-3-11-5)14-8(16)7-4(10)2-13-15-7/h1-3H,10H2,(H,13,15)(H,11,12,14,16). The molecule has 7 nitrogen and oxygen atoms in total. The zero-order valence-corrected chi connectivity index (χ0v) is 8.69. The number of hydrogen-bond acceptors (Lipinski definition) is 5. The molecule has 0 aromatic carbocycles. The van der Waals surface area contributed by atoms with Crippen LogP contribution in [0.5, 0.6) is 0 Å². The molecule has 0 fully saturated rings. The molecule has 0 atom stereocenters. The van der Waals surface area contributed by atoms with Gasteiger partial charge < -0.3 is 11.1 Å². The van der Waals surface area contributed by atoms with Crippen molar-refractivity contribution in [3.63, 3.8) is 0 Å². The second-order valence-electron chi connectivity index (χ2n) is 2.88. The number of H-pyrrole nitrogens is 1. The molecule has 0 aliphatic heterocycles. The summed E-state index contributed by atoms with van der Waals surface area (Å²) >= 11 is 5.64. The number of rotatable bonds is 2. The maximum atomic E-state index is 11.6. The maximum absolute atomic E-state index is 11.6. The third-order valence-corrected chi connectivity index (χ3v) is 1.98. The van der Waals surface area contributed by atoms with Crippen molar-refractivity contribution in [1.82, 2.24) is 20.2 Å². The van der Waals surface area contributed by atoms with Gasteiger partial charge in [-0.2, -0.15) is 5.10 Å². The third-order valence-electron chi connectivity index (χ3n) is 1.77. The molecule has 0 radical (unpaired) electrons. The minimum Gasteiger partial charge on any atom is -0.396 e. The molecule has 0 saturated carbocycles. The summed E-state index contributed by atoms with van der Waals surface area (Å²) < 4.78 is 0. The Labute approximate surface area is 95.0 Å². The first-order valence-electron chi connectivity index (χ1n) is 4.24. The van der Waals surface area contributed by atoms with Crippen molar-refractivity contribution in [2.45, 2.75) is 0 Å². The van der Waals surface area contributed by atoms with E-state index in [0.717, 1.165) is 0 Å². The molecule has 0 aliphatic rings. The largest absolute Gasteiger partial charge is 0.396 e. The molecule has 1 amide bonds. The second-order valence-corrected chi connectivity index (χ2v) is 3.27. The van der Waals surface area contributed by atoms with E-state index >= 15 is 0 Å². The lowest BCUT2D eigenvalue weighted by Gasteiger charge is -2.02. The first kappa shape index (κ1) is 10.4. The number of nitrogen functional groups attached to an aromatic ring is 1. The van der Waals surface area contributed by atoms with E-state index in [1.807, 2.05) is 0 Å². The van der Waals surface area contributed by atoms with Crippen LogP contribution in [0.4, 0.5) is 11.5 Å². The molecule has 2 rings (SSSR count). The number of aromatic amines is 1. The molecule has 16 heavy (non-hydrogen) atoms. The highest BCUT2D eigenvalue weighted by molar-refractivity contribution is 6.29. The molecular formula is C8H7ClN6O. The first-order chi connectivity index (χ1) is 7.66. The molecule has 2 heterocycles. The summed E-state index contributed by atoms with van der Waals surface area (Å²) in [6.45, 7) is 0. The third kappa shape index (κ3) is 2.09. The van der Waals surface area contributed by atoms with Crippen LogP contribution in [0.25, 0.3) is 0 Å². The van der Waals surface area contributed by atoms with Crippen molar-refractivity contribution < 1.29 is 4.79 Å². The summed E-state index contributed by atoms with van der Waals surface area (Å²) in [7, 11) is 0. The SMILES string of the molecule is Nc1cn[nH]c1C(=O)Nc1cc(Cl)ncn1. The number of nitrogens with one attached hydrogen (secondary N) is 2. The molecule has 82 valence electrons. The Kier molecular flexibility index (Phi) is 2.69. The van der Waals surface area contributed by atoms with Crippen molar-refractivity contribution >= 4 is 29.0 Å². The number of aromatic nitrogens is 4. The van der Waals surface area contributed by atoms with Gasteiger partial charge in [-0.25, -0.2) is 9.97 Å². The Morgan fingerprint density at radius 1 is 1.50 bits per heavy atom. The van der Waals surface area contributed by atoms with Gasteiger partial charge in [0.15, 0.2) is 0 Å². The fraction of sp³-hybridized carbons (Fsp3) is 0. The number of hydrogen-bond donors (Lipinski definition) is 3. The molecule has 0 bridgehead atoms. The average molecular weight is 239 g/mol. The maximum Gasteiger partial charge on any atom is 0.276 e. The molecule has 0 saturated heterocycles. The highest BCUT2D eigenvalue weighted by Crippen LogP contribution is 2.12. The smallest absolute Gasteiger partial charge is 0.276 e. The van der Waals surface area contributed by atoms with Gasteiger partial charge in [0.2, 0.25) is 0 Å². The summed E-state index contributed by atoms with van der Waals surface area (Å²) in [5, 5.41) is 8.85. The summed E-state index contributed by atoms with van der Waals surface area (Å²) in [5.41, 5.74) is 5.95. The molecule has 4 N–H and O–H groups in total. The van der Waals surface area contributed by atoms with Gasteiger partial charge in [-0.05, 0) is 0 Å². The predicted octanol–water partition coefficient (Wildman–Crippen LogP) is 0.688. The van der Waals surface area contributed by atoms with Crippen LogP contribution >= 0.6 is 11.6 Å². The van der Waals surface area contributed by atoms with Gasteiger partial charge in [-0.1, -0.05) is 11.6 Å². The van der Waals surface area contributed by atoms with Crippen molar-refractivity contribution in [2.24, 2.45) is 0 Å². The van der Waals surface area contributed by atoms with Crippen LogP contribution in [0.3, 0.4) is 0 Å². The van der Waals surface area contributed by atoms with Gasteiger partial charge in [0.25, 0.3) is 5.91 Å². The number of nitrogens with zero attached hydrogens (tertiary/aromatic N) is 3. The molecule has 2 aromatic heterocycles. The predicted molar refractivity (Wildman–Crippen MR) is 58.0 cm³/mol. The molecular weight excluding hydrogens is 232 g/mol. The van der Waals surface area contributed by atoms with Crippen molar-refractivity contribution in [3.8, 4) is 0 Å². The number of carbonyl (C=O) groups excluding carboxylic acids is 1. The molecule has 0 unspecified atom stereocenters. The quantitative estimate of drug-likeness (QED) is 0.667. The molecule has 0 aliphatic carbocycles. The van der Waals surface area contributed by atoms with Crippen LogP contribution in [0.1, 0.15) is 10.5 Å². The van der Waals surface area contributed by atoms with Gasteiger partial charge in [0, 0.05) is 6.07 Å². The van der Waals surface area contributed by atoms with E-state index < -0.39 is 5.91 Å². The van der Waals surface area contributed by atoms with Crippen molar-refractivity contribution in [3.05, 3.63) is 29.4 Å². The Morgan fingerprint density at radius 3 is 2.94 bits per heavy atom. The number of anilines is 2. The van der Waals surface area contributed by atoms with Crippen LogP contribution < -0.4 is 11.1 Å². The Hall–Kier alpha value is -2.15. The van der Waals surface area contributed by atoms with E-state index in [1.165, 1.54) is 18.6 Å². The minimum absolute atomic E-state index is 0.176. The number of halogens is 1. The molecule has 0 spiro atoms. The zero-order valence-electron chi connectivity index (χ0n) is 7.94. The average Bonchev–Trinajstić information content (AvgIpc) is 2.64. The molecule has 2 aromatic rings. The Morgan fingerprint density at radius 2 is 2.31 bits per heavy atom. The van der Waals surface area contributed by atoms with Crippen molar-refractivity contribution in [1.29, 1.82) is 0 Å². The van der Waals surface area contributed by atoms with Crippen LogP contribution in [0, 0.1) is 0 Å². The van der Waals surface area contributed by atoms with E-state index in [4.69, 9.17) is 17.3 Å². The lowest BCUT2D eigenvalue weighted by atomic mass is 10.3. The summed E-state index contributed by atoms with van der Waals surface area (Å²) in [6, 6.07) is 1.42. The topological polar surface area (TPSA) is 110 Å². The number of amides is 1. The summed E-state index contributed by atoms with van der Waals surface area (Å²) in [6.07, 6.45) is 2.59. The van der Waals surface area contributed by atoms with Gasteiger partial charge in [-0.15, -0.1) is 0 Å². The van der Waals surface area contributed by atoms with E-state index in [9.17, 15) is 4.79 Å². The first-order valence-corrected chi connectivity index (χ1v) is 4.62. The summed E-state index contributed by atoms with van der Waals surface area (Å²) in [4.78, 5) is 19.1. The normalized spacial score (nSPS) is 10.1. The Bertz CT molecular complexity index is 525. The van der Waals surface area contributed by atoms with Crippen molar-refractivity contribution in [2.75, 3.05) is 11.1 Å². The van der Waals surface area contributed by atoms with Gasteiger partial charge in [0.1, 0.15) is 23.0 Å². The highest BCUT2D eigenvalue weighted by Gasteiger charge is 2.12. The minimum atomic E-state index is -0.440. The molecule has 8 heteroatoms. The van der Waals surface area contributed by atoms with Crippen LogP contribution in [-0.2, 0) is 0 Å². The van der Waals surface area contributed by atoms with E-state index in [0.29, 0.717) is 5.82 Å². The van der Waals surface area contributed by atoms with Gasteiger partial charge in [0.05, 0.1) is 11.9 Å². The number of nitrogens with two attached hydrogens (primary N) is 1. The second kappa shape index (κ2) is 4.15. The Balaban J connectivity index is 2.17. The van der Waals surface area contributed by atoms with E-state index in [-0.39, 0.29) is 16.5 Å². The lowest BCUT2D eigenvalue weighted by Crippen LogP contribution is -2.15. The van der Waals surface area contributed by atoms with E-state index in [2.05, 4.69) is 25.5 Å². The van der Waals surface area contributed by atoms with E-state index in [1.54, 1.807) is 0 Å². The van der Waals surface area contributed by atoms with Gasteiger partial charge >= 0.3 is 0 Å². The monoisotopic (exact) mass is 238 g/mol. The number of carbonyl (C=O) groups is 1. The zero-order chi connectivity index (χ0) is 11.5. The fourth-order valence-electron chi connectivity index (χ4n) is 1.06. The fourth-order valence-corrected chi connectivity index (χ4v) is 1.21. The lowest BCUT2D eigenvalue weighted by molar-refractivity contribution is 0.102. The van der Waals surface area contributed by atoms with Gasteiger partial charge in [-0.3, -0.25) is 9.89 Å². The highest BCUT2D eigenvalue weighted by atomic mass is 35.5. The summed E-state index contributed by atoms with van der Waals surface area (Å²) in [5.74, 6) is -0.149.